The van der Waals surface area contributed by atoms with Crippen LogP contribution in [0.25, 0.3) is 10.4 Å². The minimum Gasteiger partial charge on any atom is -0.355 e. The van der Waals surface area contributed by atoms with Crippen molar-refractivity contribution in [3.63, 3.8) is 0 Å². The van der Waals surface area contributed by atoms with Gasteiger partial charge in [-0.05, 0) is 5.53 Å². The molecule has 0 fully saturated rings. The van der Waals surface area contributed by atoms with Gasteiger partial charge in [-0.3, -0.25) is 4.79 Å². The first-order valence-electron chi connectivity index (χ1n) is 2.64. The van der Waals surface area contributed by atoms with Gasteiger partial charge in [-0.15, -0.1) is 0 Å². The number of nitrogens with one attached hydrogen (secondary N) is 1. The monoisotopic (exact) mass is 206 g/mol. The number of carbonyl (C=O) groups excluding carboxylic acids is 1. The summed E-state index contributed by atoms with van der Waals surface area (Å²) in [6, 6.07) is 0. The Kier molecular flexibility index (Phi) is 5.91. The Morgan fingerprint density at radius 3 is 3.00 bits per heavy atom. The topological polar surface area (TPSA) is 77.9 Å². The van der Waals surface area contributed by atoms with Crippen molar-refractivity contribution in [2.24, 2.45) is 5.11 Å². The lowest BCUT2D eigenvalue weighted by Gasteiger charge is -1.96. The number of nitrogens with zero attached hydrogens (tertiary/aromatic N) is 3. The van der Waals surface area contributed by atoms with E-state index < -0.39 is 0 Å². The van der Waals surface area contributed by atoms with E-state index in [2.05, 4.69) is 31.3 Å². The summed E-state index contributed by atoms with van der Waals surface area (Å²) in [5, 5.41) is 6.03. The number of azide groups is 1. The van der Waals surface area contributed by atoms with Gasteiger partial charge in [0.2, 0.25) is 5.91 Å². The fourth-order valence-corrected chi connectivity index (χ4v) is 0.536. The van der Waals surface area contributed by atoms with E-state index in [-0.39, 0.29) is 11.2 Å². The molecular formula is C4H7BrN4O. The highest BCUT2D eigenvalue weighted by atomic mass is 79.9. The smallest absolute Gasteiger partial charge is 0.230 e. The molecule has 0 aromatic heterocycles. The van der Waals surface area contributed by atoms with Crippen molar-refractivity contribution < 1.29 is 4.79 Å². The number of hydrogen-bond donors (Lipinski definition) is 1. The molecule has 56 valence electrons. The highest BCUT2D eigenvalue weighted by Gasteiger charge is 1.93. The number of carbonyl (C=O) groups is 1. The minimum atomic E-state index is -0.104. The summed E-state index contributed by atoms with van der Waals surface area (Å²) < 4.78 is 0. The van der Waals surface area contributed by atoms with Gasteiger partial charge in [0.25, 0.3) is 0 Å². The molecule has 1 N–H and O–H groups in total. The average molecular weight is 207 g/mol. The lowest BCUT2D eigenvalue weighted by molar-refractivity contribution is -0.118. The molecule has 5 nitrogen and oxygen atoms in total. The van der Waals surface area contributed by atoms with Crippen LogP contribution in [0.4, 0.5) is 0 Å². The standard InChI is InChI=1S/C4H7BrN4O/c5-3-4(10)7-1-2-8-9-6/h1-3H2,(H,7,10). The number of amides is 1. The normalized spacial score (nSPS) is 8.10. The molecule has 0 aliphatic heterocycles. The van der Waals surface area contributed by atoms with Crippen LogP contribution >= 0.6 is 15.9 Å². The van der Waals surface area contributed by atoms with E-state index in [9.17, 15) is 4.79 Å². The predicted molar refractivity (Wildman–Crippen MR) is 40.8 cm³/mol. The van der Waals surface area contributed by atoms with Crippen molar-refractivity contribution in [1.82, 2.24) is 5.32 Å². The summed E-state index contributed by atoms with van der Waals surface area (Å²) in [6.07, 6.45) is 0. The van der Waals surface area contributed by atoms with Gasteiger partial charge < -0.3 is 5.32 Å². The highest BCUT2D eigenvalue weighted by molar-refractivity contribution is 9.09. The molecular weight excluding hydrogens is 200 g/mol. The Bertz CT molecular complexity index is 153. The fraction of sp³-hybridized carbons (Fsp3) is 0.750. The van der Waals surface area contributed by atoms with Crippen molar-refractivity contribution in [2.45, 2.75) is 0 Å². The highest BCUT2D eigenvalue weighted by Crippen LogP contribution is 1.77. The van der Waals surface area contributed by atoms with Crippen molar-refractivity contribution in [3.8, 4) is 0 Å². The Balaban J connectivity index is 3.19. The fourth-order valence-electron chi connectivity index (χ4n) is 0.337. The van der Waals surface area contributed by atoms with Gasteiger partial charge in [0.05, 0.1) is 5.33 Å². The zero-order valence-electron chi connectivity index (χ0n) is 5.25. The van der Waals surface area contributed by atoms with E-state index in [1.165, 1.54) is 0 Å². The van der Waals surface area contributed by atoms with Gasteiger partial charge in [-0.25, -0.2) is 0 Å². The van der Waals surface area contributed by atoms with Crippen LogP contribution in [0.3, 0.4) is 0 Å². The third-order valence-electron chi connectivity index (χ3n) is 0.719. The second-order valence-corrected chi connectivity index (χ2v) is 2.00. The summed E-state index contributed by atoms with van der Waals surface area (Å²) >= 11 is 2.97. The molecule has 0 spiro atoms. The SMILES string of the molecule is [N-]=[N+]=NCCNC(=O)CBr. The molecule has 0 atom stereocenters. The van der Waals surface area contributed by atoms with Crippen LogP contribution in [0.5, 0.6) is 0 Å². The first-order valence-corrected chi connectivity index (χ1v) is 3.77. The number of hydrogen-bond acceptors (Lipinski definition) is 2. The third-order valence-corrected chi connectivity index (χ3v) is 1.23. The maximum Gasteiger partial charge on any atom is 0.230 e. The second-order valence-electron chi connectivity index (χ2n) is 1.44. The molecule has 0 aromatic carbocycles. The van der Waals surface area contributed by atoms with Gasteiger partial charge in [-0.2, -0.15) is 0 Å². The Morgan fingerprint density at radius 1 is 1.80 bits per heavy atom. The molecule has 0 bridgehead atoms. The van der Waals surface area contributed by atoms with E-state index in [0.29, 0.717) is 13.1 Å². The van der Waals surface area contributed by atoms with Crippen molar-refractivity contribution >= 4 is 21.8 Å². The number of rotatable bonds is 4. The quantitative estimate of drug-likeness (QED) is 0.239. The zero-order chi connectivity index (χ0) is 7.82. The van der Waals surface area contributed by atoms with E-state index >= 15 is 0 Å². The Morgan fingerprint density at radius 2 is 2.50 bits per heavy atom. The molecule has 1 amide bonds. The first kappa shape index (κ1) is 9.26. The average Bonchev–Trinajstić information content (AvgIpc) is 1.98. The molecule has 0 saturated heterocycles. The molecule has 0 saturated carbocycles. The van der Waals surface area contributed by atoms with Gasteiger partial charge in [-0.1, -0.05) is 21.0 Å². The van der Waals surface area contributed by atoms with Gasteiger partial charge in [0.15, 0.2) is 0 Å². The van der Waals surface area contributed by atoms with E-state index in [1.54, 1.807) is 0 Å². The zero-order valence-corrected chi connectivity index (χ0v) is 6.84. The van der Waals surface area contributed by atoms with Crippen molar-refractivity contribution in [1.29, 1.82) is 0 Å². The largest absolute Gasteiger partial charge is 0.355 e. The molecule has 10 heavy (non-hydrogen) atoms. The Hall–Kier alpha value is -0.740. The summed E-state index contributed by atoms with van der Waals surface area (Å²) in [5.74, 6) is -0.104. The van der Waals surface area contributed by atoms with Crippen molar-refractivity contribution in [2.75, 3.05) is 18.4 Å². The molecule has 0 aromatic rings. The Labute approximate surface area is 66.5 Å². The van der Waals surface area contributed by atoms with Crippen LogP contribution in [0, 0.1) is 0 Å². The van der Waals surface area contributed by atoms with Gasteiger partial charge >= 0.3 is 0 Å². The molecule has 0 radical (unpaired) electrons. The summed E-state index contributed by atoms with van der Waals surface area (Å²) in [7, 11) is 0. The van der Waals surface area contributed by atoms with Crippen LogP contribution in [-0.2, 0) is 4.79 Å². The molecule has 0 rings (SSSR count). The number of alkyl halides is 1. The van der Waals surface area contributed by atoms with Crippen LogP contribution in [0.1, 0.15) is 0 Å². The maximum absolute atomic E-state index is 10.5. The summed E-state index contributed by atoms with van der Waals surface area (Å²) in [5.41, 5.74) is 7.83. The molecule has 0 aliphatic carbocycles. The third kappa shape index (κ3) is 5.40. The summed E-state index contributed by atoms with van der Waals surface area (Å²) in [6.45, 7) is 0.698. The summed E-state index contributed by atoms with van der Waals surface area (Å²) in [4.78, 5) is 13.0. The second kappa shape index (κ2) is 6.38. The number of halogens is 1. The minimum absolute atomic E-state index is 0.104. The van der Waals surface area contributed by atoms with Crippen LogP contribution in [0.2, 0.25) is 0 Å². The molecule has 0 aliphatic rings. The van der Waals surface area contributed by atoms with Crippen LogP contribution < -0.4 is 5.32 Å². The first-order chi connectivity index (χ1) is 4.81. The molecule has 6 heteroatoms. The van der Waals surface area contributed by atoms with Gasteiger partial charge in [0, 0.05) is 18.0 Å². The molecule has 0 heterocycles. The lowest BCUT2D eigenvalue weighted by atomic mass is 10.6. The lowest BCUT2D eigenvalue weighted by Crippen LogP contribution is -2.26. The van der Waals surface area contributed by atoms with Crippen molar-refractivity contribution in [3.05, 3.63) is 10.4 Å². The molecule has 0 unspecified atom stereocenters. The van der Waals surface area contributed by atoms with Gasteiger partial charge in [0.1, 0.15) is 0 Å². The maximum atomic E-state index is 10.5. The van der Waals surface area contributed by atoms with E-state index in [0.717, 1.165) is 0 Å². The van der Waals surface area contributed by atoms with E-state index in [1.807, 2.05) is 0 Å². The van der Waals surface area contributed by atoms with Crippen LogP contribution in [0.15, 0.2) is 5.11 Å². The van der Waals surface area contributed by atoms with Crippen LogP contribution in [-0.4, -0.2) is 24.3 Å². The van der Waals surface area contributed by atoms with E-state index in [4.69, 9.17) is 5.53 Å². The predicted octanol–water partition coefficient (Wildman–Crippen LogP) is 0.808.